The van der Waals surface area contributed by atoms with E-state index >= 15 is 0 Å². The highest BCUT2D eigenvalue weighted by molar-refractivity contribution is 5.78. The summed E-state index contributed by atoms with van der Waals surface area (Å²) in [7, 11) is 0. The van der Waals surface area contributed by atoms with Gasteiger partial charge in [-0.3, -0.25) is 0 Å². The monoisotopic (exact) mass is 292 g/mol. The van der Waals surface area contributed by atoms with E-state index in [1.807, 2.05) is 9.80 Å². The van der Waals surface area contributed by atoms with Gasteiger partial charge < -0.3 is 20.4 Å². The van der Waals surface area contributed by atoms with Crippen LogP contribution in [-0.4, -0.2) is 60.6 Å². The van der Waals surface area contributed by atoms with Crippen molar-refractivity contribution in [2.75, 3.05) is 32.7 Å². The minimum Gasteiger partial charge on any atom is -0.337 e. The molecule has 2 aliphatic heterocycles. The van der Waals surface area contributed by atoms with E-state index in [4.69, 9.17) is 0 Å². The number of carbonyl (C=O) groups excluding carboxylic acids is 2. The molecule has 2 saturated heterocycles. The molecular formula is C15H24N4O2. The molecule has 2 N–H and O–H groups in total. The largest absolute Gasteiger partial charge is 0.337 e. The minimum atomic E-state index is 0.0159. The Bertz CT molecular complexity index is 459. The first-order chi connectivity index (χ1) is 10.2. The van der Waals surface area contributed by atoms with Crippen molar-refractivity contribution < 1.29 is 9.59 Å². The molecule has 116 valence electrons. The lowest BCUT2D eigenvalue weighted by molar-refractivity contribution is 0.0918. The lowest BCUT2D eigenvalue weighted by Crippen LogP contribution is -2.57. The normalized spacial score (nSPS) is 30.5. The molecule has 0 bridgehead atoms. The van der Waals surface area contributed by atoms with Crippen LogP contribution >= 0.6 is 0 Å². The summed E-state index contributed by atoms with van der Waals surface area (Å²) in [5, 5.41) is 6.02. The lowest BCUT2D eigenvalue weighted by atomic mass is 9.65. The number of nitrogens with one attached hydrogen (secondary N) is 2. The molecule has 0 spiro atoms. The van der Waals surface area contributed by atoms with Gasteiger partial charge in [0, 0.05) is 32.7 Å². The first-order valence-electron chi connectivity index (χ1n) is 8.25. The van der Waals surface area contributed by atoms with Crippen LogP contribution in [0.15, 0.2) is 0 Å². The Morgan fingerprint density at radius 1 is 1.33 bits per heavy atom. The molecular weight excluding hydrogens is 268 g/mol. The van der Waals surface area contributed by atoms with Crippen LogP contribution in [0, 0.1) is 11.3 Å². The molecule has 2 saturated carbocycles. The quantitative estimate of drug-likeness (QED) is 0.814. The fourth-order valence-corrected chi connectivity index (χ4v) is 4.21. The average Bonchev–Trinajstić information content (AvgIpc) is 3.22. The number of amides is 4. The van der Waals surface area contributed by atoms with Crippen LogP contribution in [-0.2, 0) is 0 Å². The van der Waals surface area contributed by atoms with Gasteiger partial charge in [0.25, 0.3) is 0 Å². The molecule has 2 aliphatic carbocycles. The highest BCUT2D eigenvalue weighted by atomic mass is 16.2. The number of piperazine rings is 1. The molecule has 0 aromatic rings. The molecule has 2 heterocycles. The van der Waals surface area contributed by atoms with Crippen molar-refractivity contribution in [2.45, 2.75) is 38.1 Å². The highest BCUT2D eigenvalue weighted by Crippen LogP contribution is 2.56. The Morgan fingerprint density at radius 2 is 2.14 bits per heavy atom. The fraction of sp³-hybridized carbons (Fsp3) is 0.867. The van der Waals surface area contributed by atoms with Crippen molar-refractivity contribution in [3.05, 3.63) is 0 Å². The molecule has 4 rings (SSSR count). The summed E-state index contributed by atoms with van der Waals surface area (Å²) in [6, 6.07) is 0.223. The van der Waals surface area contributed by atoms with Gasteiger partial charge in [0.15, 0.2) is 0 Å². The van der Waals surface area contributed by atoms with Gasteiger partial charge in [0.1, 0.15) is 0 Å². The average molecular weight is 292 g/mol. The maximum Gasteiger partial charge on any atom is 0.317 e. The van der Waals surface area contributed by atoms with Crippen LogP contribution in [0.4, 0.5) is 9.59 Å². The first kappa shape index (κ1) is 13.2. The van der Waals surface area contributed by atoms with Crippen molar-refractivity contribution in [3.8, 4) is 0 Å². The third kappa shape index (κ3) is 2.24. The molecule has 4 aliphatic rings. The Kier molecular flexibility index (Phi) is 3.01. The summed E-state index contributed by atoms with van der Waals surface area (Å²) >= 11 is 0. The summed E-state index contributed by atoms with van der Waals surface area (Å²) in [5.41, 5.74) is 0.419. The SMILES string of the molecule is O=C(NCC1(C2CC2)CCC1)N1CCN2C(=O)NCC2C1. The highest BCUT2D eigenvalue weighted by Gasteiger charge is 2.49. The standard InChI is InChI=1S/C15H24N4O2/c20-13(17-10-15(4-1-5-15)11-2-3-11)18-6-7-19-12(9-18)8-16-14(19)21/h11-12H,1-10H2,(H,16,21)(H,17,20). The van der Waals surface area contributed by atoms with Gasteiger partial charge in [-0.05, 0) is 37.0 Å². The van der Waals surface area contributed by atoms with Crippen molar-refractivity contribution in [1.29, 1.82) is 0 Å². The van der Waals surface area contributed by atoms with Gasteiger partial charge in [-0.1, -0.05) is 6.42 Å². The summed E-state index contributed by atoms with van der Waals surface area (Å²) in [6.45, 7) is 3.46. The third-order valence-corrected chi connectivity index (χ3v) is 5.90. The zero-order valence-corrected chi connectivity index (χ0v) is 12.4. The van der Waals surface area contributed by atoms with Gasteiger partial charge in [-0.25, -0.2) is 9.59 Å². The number of hydrogen-bond acceptors (Lipinski definition) is 2. The number of hydrogen-bond donors (Lipinski definition) is 2. The van der Waals surface area contributed by atoms with Gasteiger partial charge in [0.05, 0.1) is 6.04 Å². The van der Waals surface area contributed by atoms with Gasteiger partial charge in [0.2, 0.25) is 0 Å². The molecule has 6 heteroatoms. The van der Waals surface area contributed by atoms with Gasteiger partial charge >= 0.3 is 12.1 Å². The van der Waals surface area contributed by atoms with E-state index in [-0.39, 0.29) is 18.1 Å². The predicted octanol–water partition coefficient (Wildman–Crippen LogP) is 0.986. The smallest absolute Gasteiger partial charge is 0.317 e. The Morgan fingerprint density at radius 3 is 2.81 bits per heavy atom. The minimum absolute atomic E-state index is 0.0159. The van der Waals surface area contributed by atoms with Gasteiger partial charge in [-0.2, -0.15) is 0 Å². The maximum atomic E-state index is 12.4. The van der Waals surface area contributed by atoms with E-state index in [9.17, 15) is 9.59 Å². The molecule has 4 fully saturated rings. The topological polar surface area (TPSA) is 64.7 Å². The molecule has 21 heavy (non-hydrogen) atoms. The third-order valence-electron chi connectivity index (χ3n) is 5.90. The van der Waals surface area contributed by atoms with Gasteiger partial charge in [-0.15, -0.1) is 0 Å². The first-order valence-corrected chi connectivity index (χ1v) is 8.25. The second kappa shape index (κ2) is 4.78. The molecule has 0 aromatic carbocycles. The molecule has 6 nitrogen and oxygen atoms in total. The van der Waals surface area contributed by atoms with Crippen LogP contribution in [0.1, 0.15) is 32.1 Å². The molecule has 0 aromatic heterocycles. The van der Waals surface area contributed by atoms with E-state index in [0.29, 0.717) is 31.6 Å². The second-order valence-electron chi connectivity index (χ2n) is 7.13. The van der Waals surface area contributed by atoms with E-state index in [0.717, 1.165) is 12.5 Å². The molecule has 1 atom stereocenters. The Hall–Kier alpha value is -1.46. The maximum absolute atomic E-state index is 12.4. The van der Waals surface area contributed by atoms with Crippen LogP contribution in [0.2, 0.25) is 0 Å². The zero-order chi connectivity index (χ0) is 14.4. The number of urea groups is 2. The number of rotatable bonds is 3. The zero-order valence-electron chi connectivity index (χ0n) is 12.4. The van der Waals surface area contributed by atoms with E-state index in [1.165, 1.54) is 32.1 Å². The molecule has 1 unspecified atom stereocenters. The summed E-state index contributed by atoms with van der Waals surface area (Å²) in [4.78, 5) is 27.7. The van der Waals surface area contributed by atoms with Crippen molar-refractivity contribution >= 4 is 12.1 Å². The van der Waals surface area contributed by atoms with Crippen molar-refractivity contribution in [3.63, 3.8) is 0 Å². The van der Waals surface area contributed by atoms with Crippen molar-refractivity contribution in [1.82, 2.24) is 20.4 Å². The molecule has 4 amide bonds. The number of nitrogens with zero attached hydrogens (tertiary/aromatic N) is 2. The predicted molar refractivity (Wildman–Crippen MR) is 77.9 cm³/mol. The van der Waals surface area contributed by atoms with E-state index < -0.39 is 0 Å². The fourth-order valence-electron chi connectivity index (χ4n) is 4.21. The van der Waals surface area contributed by atoms with E-state index in [1.54, 1.807) is 0 Å². The number of fused-ring (bicyclic) bond motifs is 1. The van der Waals surface area contributed by atoms with Crippen LogP contribution in [0.25, 0.3) is 0 Å². The second-order valence-corrected chi connectivity index (χ2v) is 7.13. The van der Waals surface area contributed by atoms with Crippen LogP contribution in [0.5, 0.6) is 0 Å². The van der Waals surface area contributed by atoms with Crippen LogP contribution in [0.3, 0.4) is 0 Å². The Balaban J connectivity index is 1.30. The van der Waals surface area contributed by atoms with Crippen molar-refractivity contribution in [2.24, 2.45) is 11.3 Å². The summed E-state index contributed by atoms with van der Waals surface area (Å²) in [5.74, 6) is 0.861. The molecule has 0 radical (unpaired) electrons. The summed E-state index contributed by atoms with van der Waals surface area (Å²) < 4.78 is 0. The van der Waals surface area contributed by atoms with Crippen LogP contribution < -0.4 is 10.6 Å². The summed E-state index contributed by atoms with van der Waals surface area (Å²) in [6.07, 6.45) is 6.59. The van der Waals surface area contributed by atoms with E-state index in [2.05, 4.69) is 10.6 Å². The Labute approximate surface area is 125 Å². The lowest BCUT2D eigenvalue weighted by Gasteiger charge is -2.43. The number of carbonyl (C=O) groups is 2.